The molecule has 2 heterocycles. The lowest BCUT2D eigenvalue weighted by Gasteiger charge is -2.21. The van der Waals surface area contributed by atoms with Crippen LogP contribution in [0.5, 0.6) is 0 Å². The molecule has 0 aromatic rings. The number of nitrogens with zero attached hydrogens (tertiary/aromatic N) is 1. The Morgan fingerprint density at radius 3 is 2.93 bits per heavy atom. The lowest BCUT2D eigenvalue weighted by Crippen LogP contribution is -2.36. The van der Waals surface area contributed by atoms with Crippen molar-refractivity contribution < 1.29 is 15.0 Å². The standard InChI is InChI=1S/C11H19NO3/c13-10(14)7-11(15)6-9-4-2-1-3-5-12(9)8-11/h9,15H,1-8H2,(H,13,14). The van der Waals surface area contributed by atoms with Crippen molar-refractivity contribution in [3.63, 3.8) is 0 Å². The topological polar surface area (TPSA) is 60.8 Å². The largest absolute Gasteiger partial charge is 0.481 e. The summed E-state index contributed by atoms with van der Waals surface area (Å²) in [6.45, 7) is 1.57. The minimum absolute atomic E-state index is 0.111. The van der Waals surface area contributed by atoms with Gasteiger partial charge in [-0.2, -0.15) is 0 Å². The average Bonchev–Trinajstić information content (AvgIpc) is 2.30. The molecule has 2 N–H and O–H groups in total. The molecule has 2 aliphatic heterocycles. The molecule has 2 fully saturated rings. The third kappa shape index (κ3) is 2.49. The van der Waals surface area contributed by atoms with Crippen molar-refractivity contribution in [2.45, 2.75) is 50.2 Å². The van der Waals surface area contributed by atoms with E-state index in [0.717, 1.165) is 13.0 Å². The number of aliphatic carboxylic acids is 1. The summed E-state index contributed by atoms with van der Waals surface area (Å²) in [7, 11) is 0. The van der Waals surface area contributed by atoms with E-state index in [-0.39, 0.29) is 6.42 Å². The van der Waals surface area contributed by atoms with Crippen LogP contribution in [0.4, 0.5) is 0 Å². The smallest absolute Gasteiger partial charge is 0.306 e. The molecular formula is C11H19NO3. The summed E-state index contributed by atoms with van der Waals surface area (Å²) < 4.78 is 0. The van der Waals surface area contributed by atoms with Crippen molar-refractivity contribution in [2.24, 2.45) is 0 Å². The first-order chi connectivity index (χ1) is 7.09. The van der Waals surface area contributed by atoms with Gasteiger partial charge in [-0.15, -0.1) is 0 Å². The predicted octanol–water partition coefficient (Wildman–Crippen LogP) is 0.841. The Morgan fingerprint density at radius 2 is 2.20 bits per heavy atom. The van der Waals surface area contributed by atoms with Gasteiger partial charge in [-0.25, -0.2) is 0 Å². The Balaban J connectivity index is 2.00. The number of hydrogen-bond donors (Lipinski definition) is 2. The van der Waals surface area contributed by atoms with Gasteiger partial charge in [-0.3, -0.25) is 9.69 Å². The Kier molecular flexibility index (Phi) is 2.98. The molecule has 15 heavy (non-hydrogen) atoms. The number of hydrogen-bond acceptors (Lipinski definition) is 3. The molecule has 2 rings (SSSR count). The van der Waals surface area contributed by atoms with Crippen molar-refractivity contribution in [1.29, 1.82) is 0 Å². The first kappa shape index (κ1) is 10.9. The molecule has 0 aromatic carbocycles. The summed E-state index contributed by atoms with van der Waals surface area (Å²) >= 11 is 0. The van der Waals surface area contributed by atoms with Gasteiger partial charge in [-0.1, -0.05) is 12.8 Å². The first-order valence-corrected chi connectivity index (χ1v) is 5.77. The molecular weight excluding hydrogens is 194 g/mol. The lowest BCUT2D eigenvalue weighted by atomic mass is 9.94. The monoisotopic (exact) mass is 213 g/mol. The molecule has 0 bridgehead atoms. The van der Waals surface area contributed by atoms with Crippen LogP contribution in [0.1, 0.15) is 38.5 Å². The quantitative estimate of drug-likeness (QED) is 0.713. The molecule has 0 spiro atoms. The van der Waals surface area contributed by atoms with E-state index in [2.05, 4.69) is 4.90 Å². The lowest BCUT2D eigenvalue weighted by molar-refractivity contribution is -0.142. The van der Waals surface area contributed by atoms with E-state index in [1.54, 1.807) is 0 Å². The molecule has 0 saturated carbocycles. The van der Waals surface area contributed by atoms with E-state index in [1.807, 2.05) is 0 Å². The SMILES string of the molecule is O=C(O)CC1(O)CC2CCCCCN2C1. The summed E-state index contributed by atoms with van der Waals surface area (Å²) in [5.41, 5.74) is -0.978. The van der Waals surface area contributed by atoms with Gasteiger partial charge < -0.3 is 10.2 Å². The van der Waals surface area contributed by atoms with Gasteiger partial charge in [0.1, 0.15) is 0 Å². The highest BCUT2D eigenvalue weighted by molar-refractivity contribution is 5.68. The van der Waals surface area contributed by atoms with Gasteiger partial charge in [-0.05, 0) is 25.8 Å². The molecule has 86 valence electrons. The fourth-order valence-corrected chi connectivity index (χ4v) is 2.97. The zero-order valence-electron chi connectivity index (χ0n) is 8.98. The van der Waals surface area contributed by atoms with Gasteiger partial charge in [0.05, 0.1) is 12.0 Å². The van der Waals surface area contributed by atoms with E-state index >= 15 is 0 Å². The first-order valence-electron chi connectivity index (χ1n) is 5.77. The van der Waals surface area contributed by atoms with Gasteiger partial charge in [0, 0.05) is 12.6 Å². The Hall–Kier alpha value is -0.610. The second-order valence-corrected chi connectivity index (χ2v) is 4.97. The normalized spacial score (nSPS) is 37.3. The van der Waals surface area contributed by atoms with E-state index in [9.17, 15) is 9.90 Å². The van der Waals surface area contributed by atoms with Crippen LogP contribution in [-0.2, 0) is 4.79 Å². The molecule has 0 radical (unpaired) electrons. The number of aliphatic hydroxyl groups is 1. The number of rotatable bonds is 2. The van der Waals surface area contributed by atoms with E-state index in [1.165, 1.54) is 19.3 Å². The highest BCUT2D eigenvalue weighted by Crippen LogP contribution is 2.34. The maximum absolute atomic E-state index is 10.7. The number of carbonyl (C=O) groups is 1. The summed E-state index contributed by atoms with van der Waals surface area (Å²) in [5.74, 6) is -0.893. The van der Waals surface area contributed by atoms with Gasteiger partial charge in [0.15, 0.2) is 0 Å². The van der Waals surface area contributed by atoms with Crippen LogP contribution >= 0.6 is 0 Å². The van der Waals surface area contributed by atoms with Crippen LogP contribution in [0, 0.1) is 0 Å². The summed E-state index contributed by atoms with van der Waals surface area (Å²) in [4.78, 5) is 12.9. The predicted molar refractivity (Wildman–Crippen MR) is 55.6 cm³/mol. The third-order valence-corrected chi connectivity index (χ3v) is 3.59. The molecule has 0 aromatic heterocycles. The summed E-state index contributed by atoms with van der Waals surface area (Å²) in [6, 6.07) is 0.414. The molecule has 0 amide bonds. The zero-order valence-corrected chi connectivity index (χ0v) is 8.98. The summed E-state index contributed by atoms with van der Waals surface area (Å²) in [5, 5.41) is 18.9. The van der Waals surface area contributed by atoms with E-state index in [4.69, 9.17) is 5.11 Å². The Labute approximate surface area is 89.9 Å². The molecule has 2 unspecified atom stereocenters. The van der Waals surface area contributed by atoms with Crippen molar-refractivity contribution in [1.82, 2.24) is 4.90 Å². The van der Waals surface area contributed by atoms with Crippen LogP contribution < -0.4 is 0 Å². The van der Waals surface area contributed by atoms with Crippen LogP contribution in [0.15, 0.2) is 0 Å². The molecule has 2 aliphatic rings. The summed E-state index contributed by atoms with van der Waals surface area (Å²) in [6.07, 6.45) is 5.30. The minimum atomic E-state index is -0.978. The fourth-order valence-electron chi connectivity index (χ4n) is 2.97. The zero-order chi connectivity index (χ0) is 10.9. The van der Waals surface area contributed by atoms with Crippen molar-refractivity contribution in [2.75, 3.05) is 13.1 Å². The molecule has 0 aliphatic carbocycles. The van der Waals surface area contributed by atoms with Crippen LogP contribution in [0.3, 0.4) is 0 Å². The van der Waals surface area contributed by atoms with Crippen molar-refractivity contribution in [3.8, 4) is 0 Å². The van der Waals surface area contributed by atoms with Gasteiger partial charge >= 0.3 is 5.97 Å². The maximum Gasteiger partial charge on any atom is 0.306 e. The van der Waals surface area contributed by atoms with E-state index < -0.39 is 11.6 Å². The number of fused-ring (bicyclic) bond motifs is 1. The fraction of sp³-hybridized carbons (Fsp3) is 0.909. The molecule has 4 heteroatoms. The number of carboxylic acid groups (broad SMARTS) is 1. The van der Waals surface area contributed by atoms with E-state index in [0.29, 0.717) is 19.0 Å². The third-order valence-electron chi connectivity index (χ3n) is 3.59. The van der Waals surface area contributed by atoms with Crippen molar-refractivity contribution in [3.05, 3.63) is 0 Å². The highest BCUT2D eigenvalue weighted by Gasteiger charge is 2.43. The van der Waals surface area contributed by atoms with Crippen LogP contribution in [0.2, 0.25) is 0 Å². The number of carboxylic acids is 1. The van der Waals surface area contributed by atoms with Crippen molar-refractivity contribution >= 4 is 5.97 Å². The molecule has 2 saturated heterocycles. The van der Waals surface area contributed by atoms with Gasteiger partial charge in [0.25, 0.3) is 0 Å². The van der Waals surface area contributed by atoms with Crippen LogP contribution in [0.25, 0.3) is 0 Å². The maximum atomic E-state index is 10.7. The Morgan fingerprint density at radius 1 is 1.40 bits per heavy atom. The minimum Gasteiger partial charge on any atom is -0.481 e. The molecule has 4 nitrogen and oxygen atoms in total. The second-order valence-electron chi connectivity index (χ2n) is 4.97. The second kappa shape index (κ2) is 4.10. The Bertz CT molecular complexity index is 240. The highest BCUT2D eigenvalue weighted by atomic mass is 16.4. The average molecular weight is 213 g/mol. The molecule has 2 atom stereocenters. The van der Waals surface area contributed by atoms with Gasteiger partial charge in [0.2, 0.25) is 0 Å². The van der Waals surface area contributed by atoms with Crippen LogP contribution in [-0.4, -0.2) is 45.8 Å².